The van der Waals surface area contributed by atoms with Gasteiger partial charge < -0.3 is 10.4 Å². The summed E-state index contributed by atoms with van der Waals surface area (Å²) < 4.78 is 22.8. The van der Waals surface area contributed by atoms with Gasteiger partial charge in [-0.05, 0) is 44.0 Å². The van der Waals surface area contributed by atoms with Gasteiger partial charge in [-0.15, -0.1) is 11.8 Å². The molecular weight excluding hydrogens is 294 g/mol. The Labute approximate surface area is 124 Å². The molecule has 1 aromatic rings. The van der Waals surface area contributed by atoms with E-state index in [4.69, 9.17) is 0 Å². The number of hydrogen-bond donors (Lipinski definition) is 2. The van der Waals surface area contributed by atoms with Crippen molar-refractivity contribution in [3.63, 3.8) is 0 Å². The van der Waals surface area contributed by atoms with Gasteiger partial charge in [-0.3, -0.25) is 0 Å². The highest BCUT2D eigenvalue weighted by Gasteiger charge is 2.31. The van der Waals surface area contributed by atoms with Crippen LogP contribution >= 0.6 is 11.8 Å². The summed E-state index contributed by atoms with van der Waals surface area (Å²) >= 11 is 1.62. The summed E-state index contributed by atoms with van der Waals surface area (Å²) in [5.41, 5.74) is -0.290. The maximum atomic E-state index is 11.4. The van der Waals surface area contributed by atoms with Crippen molar-refractivity contribution >= 4 is 21.6 Å². The number of benzene rings is 1. The number of aliphatic hydroxyl groups is 1. The van der Waals surface area contributed by atoms with Crippen molar-refractivity contribution in [2.45, 2.75) is 41.1 Å². The van der Waals surface area contributed by atoms with Crippen molar-refractivity contribution in [1.82, 2.24) is 5.32 Å². The third-order valence-corrected chi connectivity index (χ3v) is 5.80. The molecule has 2 rings (SSSR count). The van der Waals surface area contributed by atoms with Crippen molar-refractivity contribution in [2.75, 3.05) is 18.6 Å². The predicted molar refractivity (Wildman–Crippen MR) is 81.9 cm³/mol. The maximum Gasteiger partial charge on any atom is 0.175 e. The van der Waals surface area contributed by atoms with Crippen molar-refractivity contribution in [3.05, 3.63) is 24.3 Å². The van der Waals surface area contributed by atoms with E-state index in [1.165, 1.54) is 19.1 Å². The number of hydrogen-bond acceptors (Lipinski definition) is 5. The van der Waals surface area contributed by atoms with Crippen LogP contribution in [0.1, 0.15) is 19.8 Å². The molecule has 1 aromatic carbocycles. The van der Waals surface area contributed by atoms with Gasteiger partial charge in [-0.1, -0.05) is 0 Å². The highest BCUT2D eigenvalue weighted by molar-refractivity contribution is 7.99. The molecule has 1 atom stereocenters. The van der Waals surface area contributed by atoms with E-state index in [0.29, 0.717) is 10.9 Å². The van der Waals surface area contributed by atoms with Gasteiger partial charge in [0.25, 0.3) is 0 Å². The van der Waals surface area contributed by atoms with Crippen LogP contribution in [0.4, 0.5) is 0 Å². The van der Waals surface area contributed by atoms with Gasteiger partial charge in [0.05, 0.1) is 11.5 Å². The third kappa shape index (κ3) is 4.48. The van der Waals surface area contributed by atoms with E-state index in [1.807, 2.05) is 19.1 Å². The molecule has 0 heterocycles. The summed E-state index contributed by atoms with van der Waals surface area (Å²) in [6.45, 7) is 2.11. The first-order valence-corrected chi connectivity index (χ1v) is 9.52. The zero-order chi connectivity index (χ0) is 14.8. The van der Waals surface area contributed by atoms with E-state index >= 15 is 0 Å². The first-order valence-electron chi connectivity index (χ1n) is 6.64. The van der Waals surface area contributed by atoms with Crippen LogP contribution in [-0.4, -0.2) is 43.7 Å². The summed E-state index contributed by atoms with van der Waals surface area (Å²) in [6, 6.07) is 7.43. The molecule has 0 spiro atoms. The van der Waals surface area contributed by atoms with Crippen LogP contribution in [0.2, 0.25) is 0 Å². The molecule has 1 saturated carbocycles. The van der Waals surface area contributed by atoms with Crippen molar-refractivity contribution in [3.8, 4) is 0 Å². The summed E-state index contributed by atoms with van der Waals surface area (Å²) in [7, 11) is -3.14. The first kappa shape index (κ1) is 15.8. The van der Waals surface area contributed by atoms with Crippen LogP contribution in [-0.2, 0) is 9.84 Å². The van der Waals surface area contributed by atoms with Crippen molar-refractivity contribution in [1.29, 1.82) is 0 Å². The van der Waals surface area contributed by atoms with E-state index in [1.54, 1.807) is 23.9 Å². The minimum Gasteiger partial charge on any atom is -0.394 e. The predicted octanol–water partition coefficient (Wildman–Crippen LogP) is 1.69. The second kappa shape index (κ2) is 6.05. The number of thioether (sulfide) groups is 1. The normalized spacial score (nSPS) is 18.8. The summed E-state index contributed by atoms with van der Waals surface area (Å²) in [6.07, 6.45) is 3.57. The molecular formula is C14H21NO3S2. The lowest BCUT2D eigenvalue weighted by Crippen LogP contribution is -2.49. The molecule has 0 saturated heterocycles. The zero-order valence-electron chi connectivity index (χ0n) is 11.8. The molecule has 0 radical (unpaired) electrons. The Balaban J connectivity index is 1.95. The lowest BCUT2D eigenvalue weighted by molar-refractivity contribution is 0.190. The summed E-state index contributed by atoms with van der Waals surface area (Å²) in [4.78, 5) is 1.34. The van der Waals surface area contributed by atoms with Gasteiger partial charge in [0, 0.05) is 28.5 Å². The maximum absolute atomic E-state index is 11.4. The van der Waals surface area contributed by atoms with Crippen LogP contribution in [0.3, 0.4) is 0 Å². The van der Waals surface area contributed by atoms with Crippen LogP contribution in [0.15, 0.2) is 34.1 Å². The van der Waals surface area contributed by atoms with Crippen LogP contribution < -0.4 is 5.32 Å². The highest BCUT2D eigenvalue weighted by Crippen LogP contribution is 2.27. The molecule has 1 unspecified atom stereocenters. The van der Waals surface area contributed by atoms with Crippen molar-refractivity contribution < 1.29 is 13.5 Å². The standard InChI is InChI=1S/C14H21NO3S2/c1-14(9-16,15-11-3-4-11)10-19-12-5-7-13(8-6-12)20(2,17)18/h5-8,11,15-16H,3-4,9-10H2,1-2H3. The van der Waals surface area contributed by atoms with Crippen LogP contribution in [0.5, 0.6) is 0 Å². The van der Waals surface area contributed by atoms with E-state index < -0.39 is 9.84 Å². The molecule has 112 valence electrons. The fraction of sp³-hybridized carbons (Fsp3) is 0.571. The number of nitrogens with one attached hydrogen (secondary N) is 1. The molecule has 0 amide bonds. The highest BCUT2D eigenvalue weighted by atomic mass is 32.2. The van der Waals surface area contributed by atoms with Crippen molar-refractivity contribution in [2.24, 2.45) is 0 Å². The molecule has 2 N–H and O–H groups in total. The lowest BCUT2D eigenvalue weighted by atomic mass is 10.1. The van der Waals surface area contributed by atoms with Gasteiger partial charge in [0.2, 0.25) is 0 Å². The quantitative estimate of drug-likeness (QED) is 0.750. The summed E-state index contributed by atoms with van der Waals surface area (Å²) in [5, 5.41) is 13.0. The van der Waals surface area contributed by atoms with E-state index in [-0.39, 0.29) is 12.1 Å². The largest absolute Gasteiger partial charge is 0.394 e. The van der Waals surface area contributed by atoms with E-state index in [9.17, 15) is 13.5 Å². The molecule has 1 aliphatic rings. The number of sulfone groups is 1. The fourth-order valence-electron chi connectivity index (χ4n) is 1.88. The molecule has 1 aliphatic carbocycles. The Morgan fingerprint density at radius 2 is 1.95 bits per heavy atom. The molecule has 20 heavy (non-hydrogen) atoms. The average Bonchev–Trinajstić information content (AvgIpc) is 3.20. The van der Waals surface area contributed by atoms with Gasteiger partial charge in [-0.25, -0.2) is 8.42 Å². The summed E-state index contributed by atoms with van der Waals surface area (Å²) in [5.74, 6) is 0.748. The first-order chi connectivity index (χ1) is 9.32. The Hall–Kier alpha value is -0.560. The SMILES string of the molecule is CC(CO)(CSc1ccc(S(C)(=O)=O)cc1)NC1CC1. The lowest BCUT2D eigenvalue weighted by Gasteiger charge is -2.28. The minimum absolute atomic E-state index is 0.0952. The Kier molecular flexibility index (Phi) is 4.79. The Bertz CT molecular complexity index is 552. The van der Waals surface area contributed by atoms with Gasteiger partial charge in [0.15, 0.2) is 9.84 Å². The van der Waals surface area contributed by atoms with E-state index in [0.717, 1.165) is 10.6 Å². The second-order valence-electron chi connectivity index (χ2n) is 5.67. The second-order valence-corrected chi connectivity index (χ2v) is 8.73. The Morgan fingerprint density at radius 1 is 1.35 bits per heavy atom. The molecule has 0 aromatic heterocycles. The number of rotatable bonds is 7. The molecule has 0 bridgehead atoms. The molecule has 6 heteroatoms. The van der Waals surface area contributed by atoms with Crippen LogP contribution in [0.25, 0.3) is 0 Å². The fourth-order valence-corrected chi connectivity index (χ4v) is 3.50. The minimum atomic E-state index is -3.14. The zero-order valence-corrected chi connectivity index (χ0v) is 13.4. The van der Waals surface area contributed by atoms with Gasteiger partial charge >= 0.3 is 0 Å². The average molecular weight is 315 g/mol. The van der Waals surface area contributed by atoms with Gasteiger partial charge in [0.1, 0.15) is 0 Å². The van der Waals surface area contributed by atoms with Gasteiger partial charge in [-0.2, -0.15) is 0 Å². The topological polar surface area (TPSA) is 66.4 Å². The molecule has 1 fully saturated rings. The molecule has 0 aliphatic heterocycles. The van der Waals surface area contributed by atoms with Crippen LogP contribution in [0, 0.1) is 0 Å². The molecule has 4 nitrogen and oxygen atoms in total. The smallest absolute Gasteiger partial charge is 0.175 e. The Morgan fingerprint density at radius 3 is 2.40 bits per heavy atom. The third-order valence-electron chi connectivity index (χ3n) is 3.29. The monoisotopic (exact) mass is 315 g/mol. The van der Waals surface area contributed by atoms with E-state index in [2.05, 4.69) is 5.32 Å². The number of aliphatic hydroxyl groups excluding tert-OH is 1.